The second-order valence-corrected chi connectivity index (χ2v) is 9.84. The number of primary amides is 1. The number of benzene rings is 2. The van der Waals surface area contributed by atoms with Crippen molar-refractivity contribution in [3.8, 4) is 28.4 Å². The molecule has 1 atom stereocenters. The van der Waals surface area contributed by atoms with Gasteiger partial charge < -0.3 is 20.0 Å². The van der Waals surface area contributed by atoms with Crippen LogP contribution >= 0.6 is 0 Å². The third kappa shape index (κ3) is 5.21. The van der Waals surface area contributed by atoms with Gasteiger partial charge in [-0.1, -0.05) is 37.6 Å². The highest BCUT2D eigenvalue weighted by molar-refractivity contribution is 5.87. The molecular weight excluding hydrogens is 556 g/mol. The monoisotopic (exact) mass is 584 g/mol. The predicted octanol–water partition coefficient (Wildman–Crippen LogP) is 6.01. The van der Waals surface area contributed by atoms with E-state index in [1.165, 1.54) is 35.5 Å². The molecule has 0 aliphatic carbocycles. The van der Waals surface area contributed by atoms with Gasteiger partial charge in [-0.05, 0) is 43.2 Å². The standard InChI is InChI=1S/C29H28F4N6O3/c1-3-11-28(27(34)40,39-16-24-23(15-35-39)36-26(37-24)19-7-5-6-8-21(19)30)25-14-22(38-42-25)18-10-9-17(41-12-4-2)13-20(18)29(31,32)33/h5-10,13-15H,3-4,11-12,16H2,1-2H3,(H2,34,40)(H,36,37). The van der Waals surface area contributed by atoms with Crippen LogP contribution in [0, 0.1) is 5.82 Å². The zero-order chi connectivity index (χ0) is 30.1. The number of H-pyrrole nitrogens is 1. The van der Waals surface area contributed by atoms with E-state index in [9.17, 15) is 22.4 Å². The Morgan fingerprint density at radius 1 is 1.12 bits per heavy atom. The molecule has 2 aromatic heterocycles. The Balaban J connectivity index is 1.53. The van der Waals surface area contributed by atoms with E-state index in [0.29, 0.717) is 24.2 Å². The fourth-order valence-electron chi connectivity index (χ4n) is 4.98. The minimum atomic E-state index is -4.71. The van der Waals surface area contributed by atoms with Crippen LogP contribution in [0.25, 0.3) is 22.6 Å². The molecule has 1 aliphatic rings. The minimum Gasteiger partial charge on any atom is -0.494 e. The van der Waals surface area contributed by atoms with Gasteiger partial charge in [0.1, 0.15) is 28.8 Å². The summed E-state index contributed by atoms with van der Waals surface area (Å²) in [5, 5.41) is 9.72. The highest BCUT2D eigenvalue weighted by atomic mass is 19.4. The topological polar surface area (TPSA) is 123 Å². The van der Waals surface area contributed by atoms with Gasteiger partial charge in [0.05, 0.1) is 36.2 Å². The zero-order valence-electron chi connectivity index (χ0n) is 22.8. The Hall–Kier alpha value is -4.68. The SMILES string of the molecule is CCCOc1ccc(-c2cc(C(CCC)(C(N)=O)N3Cc4[nH]c(-c5ccccc5F)nc4C=N3)on2)c(C(F)(F)F)c1. The van der Waals surface area contributed by atoms with Crippen LogP contribution in [0.4, 0.5) is 17.6 Å². The van der Waals surface area contributed by atoms with Gasteiger partial charge >= 0.3 is 6.18 Å². The lowest BCUT2D eigenvalue weighted by Crippen LogP contribution is -2.53. The van der Waals surface area contributed by atoms with Crippen LogP contribution in [0.2, 0.25) is 0 Å². The van der Waals surface area contributed by atoms with Gasteiger partial charge in [0.2, 0.25) is 0 Å². The Morgan fingerprint density at radius 2 is 1.90 bits per heavy atom. The molecule has 3 N–H and O–H groups in total. The summed E-state index contributed by atoms with van der Waals surface area (Å²) in [6.45, 7) is 3.93. The first kappa shape index (κ1) is 28.8. The number of carbonyl (C=O) groups is 1. The molecule has 3 heterocycles. The molecule has 0 spiro atoms. The molecule has 5 rings (SSSR count). The maximum absolute atomic E-state index is 14.4. The van der Waals surface area contributed by atoms with E-state index < -0.39 is 29.0 Å². The summed E-state index contributed by atoms with van der Waals surface area (Å²) in [6.07, 6.45) is -2.12. The number of nitrogens with two attached hydrogens (primary N) is 1. The minimum absolute atomic E-state index is 0.00350. The van der Waals surface area contributed by atoms with Crippen molar-refractivity contribution in [3.05, 3.63) is 77.1 Å². The van der Waals surface area contributed by atoms with E-state index in [1.807, 2.05) is 13.8 Å². The second kappa shape index (κ2) is 11.3. The lowest BCUT2D eigenvalue weighted by Gasteiger charge is -2.38. The number of alkyl halides is 3. The van der Waals surface area contributed by atoms with E-state index >= 15 is 0 Å². The van der Waals surface area contributed by atoms with Crippen molar-refractivity contribution in [2.24, 2.45) is 10.8 Å². The number of nitrogens with zero attached hydrogens (tertiary/aromatic N) is 4. The molecule has 42 heavy (non-hydrogen) atoms. The number of ether oxygens (including phenoxy) is 1. The van der Waals surface area contributed by atoms with Crippen molar-refractivity contribution in [1.29, 1.82) is 0 Å². The molecule has 0 saturated carbocycles. The van der Waals surface area contributed by atoms with Crippen molar-refractivity contribution < 1.29 is 31.6 Å². The number of hydrazone groups is 1. The number of hydrogen-bond donors (Lipinski definition) is 2. The van der Waals surface area contributed by atoms with E-state index in [2.05, 4.69) is 20.2 Å². The van der Waals surface area contributed by atoms with Gasteiger partial charge in [-0.15, -0.1) is 0 Å². The molecule has 220 valence electrons. The van der Waals surface area contributed by atoms with Gasteiger partial charge in [-0.2, -0.15) is 18.3 Å². The number of aromatic amines is 1. The van der Waals surface area contributed by atoms with Crippen molar-refractivity contribution >= 4 is 12.1 Å². The Morgan fingerprint density at radius 3 is 2.60 bits per heavy atom. The first-order chi connectivity index (χ1) is 20.1. The van der Waals surface area contributed by atoms with E-state index in [1.54, 1.807) is 18.2 Å². The highest BCUT2D eigenvalue weighted by Crippen LogP contribution is 2.42. The third-order valence-electron chi connectivity index (χ3n) is 6.99. The van der Waals surface area contributed by atoms with Gasteiger partial charge in [-0.3, -0.25) is 9.80 Å². The molecule has 9 nitrogen and oxygen atoms in total. The van der Waals surface area contributed by atoms with E-state index in [4.69, 9.17) is 15.0 Å². The number of amides is 1. The Kier molecular flexibility index (Phi) is 7.76. The van der Waals surface area contributed by atoms with Crippen LogP contribution in [0.5, 0.6) is 5.75 Å². The van der Waals surface area contributed by atoms with Crippen molar-refractivity contribution in [2.75, 3.05) is 6.61 Å². The molecule has 0 radical (unpaired) electrons. The van der Waals surface area contributed by atoms with E-state index in [0.717, 1.165) is 6.07 Å². The van der Waals surface area contributed by atoms with Gasteiger partial charge in [0.25, 0.3) is 5.91 Å². The van der Waals surface area contributed by atoms with Crippen LogP contribution < -0.4 is 10.5 Å². The summed E-state index contributed by atoms with van der Waals surface area (Å²) in [4.78, 5) is 20.7. The van der Waals surface area contributed by atoms with Gasteiger partial charge in [0, 0.05) is 11.6 Å². The predicted molar refractivity (Wildman–Crippen MR) is 146 cm³/mol. The Labute approximate surface area is 238 Å². The molecule has 0 bridgehead atoms. The van der Waals surface area contributed by atoms with Gasteiger partial charge in [-0.25, -0.2) is 9.37 Å². The molecule has 2 aromatic carbocycles. The number of imidazole rings is 1. The maximum atomic E-state index is 14.4. The number of halogens is 4. The average Bonchev–Trinajstić information content (AvgIpc) is 3.62. The van der Waals surface area contributed by atoms with Crippen molar-refractivity contribution in [3.63, 3.8) is 0 Å². The molecule has 13 heteroatoms. The summed E-state index contributed by atoms with van der Waals surface area (Å²) in [5.74, 6) is -1.02. The van der Waals surface area contributed by atoms with Crippen LogP contribution in [0.15, 0.2) is 58.2 Å². The summed E-state index contributed by atoms with van der Waals surface area (Å²) < 4.78 is 67.5. The first-order valence-corrected chi connectivity index (χ1v) is 13.3. The smallest absolute Gasteiger partial charge is 0.417 e. The largest absolute Gasteiger partial charge is 0.494 e. The quantitative estimate of drug-likeness (QED) is 0.220. The van der Waals surface area contributed by atoms with E-state index in [-0.39, 0.29) is 53.7 Å². The maximum Gasteiger partial charge on any atom is 0.417 e. The van der Waals surface area contributed by atoms with Gasteiger partial charge in [0.15, 0.2) is 11.3 Å². The average molecular weight is 585 g/mol. The van der Waals surface area contributed by atoms with Crippen LogP contribution in [-0.2, 0) is 23.1 Å². The Bertz CT molecular complexity index is 1630. The number of aromatic nitrogens is 3. The van der Waals surface area contributed by atoms with Crippen molar-refractivity contribution in [2.45, 2.75) is 51.4 Å². The number of hydrogen-bond acceptors (Lipinski definition) is 7. The normalized spacial score (nSPS) is 14.5. The second-order valence-electron chi connectivity index (χ2n) is 9.84. The fraction of sp³-hybridized carbons (Fsp3) is 0.310. The third-order valence-corrected chi connectivity index (χ3v) is 6.99. The first-order valence-electron chi connectivity index (χ1n) is 13.3. The van der Waals surface area contributed by atoms with Crippen LogP contribution in [0.3, 0.4) is 0 Å². The summed E-state index contributed by atoms with van der Waals surface area (Å²) in [6, 6.07) is 11.0. The number of rotatable bonds is 10. The lowest BCUT2D eigenvalue weighted by molar-refractivity contribution is -0.137. The summed E-state index contributed by atoms with van der Waals surface area (Å²) in [7, 11) is 0. The highest BCUT2D eigenvalue weighted by Gasteiger charge is 2.49. The van der Waals surface area contributed by atoms with Crippen LogP contribution in [-0.4, -0.2) is 38.9 Å². The molecule has 4 aromatic rings. The summed E-state index contributed by atoms with van der Waals surface area (Å²) >= 11 is 0. The van der Waals surface area contributed by atoms with Crippen molar-refractivity contribution in [1.82, 2.24) is 20.1 Å². The molecular formula is C29H28F4N6O3. The number of carbonyl (C=O) groups excluding carboxylic acids is 1. The molecule has 0 fully saturated rings. The fourth-order valence-corrected chi connectivity index (χ4v) is 4.98. The zero-order valence-corrected chi connectivity index (χ0v) is 22.8. The summed E-state index contributed by atoms with van der Waals surface area (Å²) in [5.41, 5.74) is 4.15. The number of nitrogens with one attached hydrogen (secondary N) is 1. The molecule has 1 aliphatic heterocycles. The molecule has 0 saturated heterocycles. The molecule has 1 amide bonds. The molecule has 1 unspecified atom stereocenters. The van der Waals surface area contributed by atoms with Crippen LogP contribution in [0.1, 0.15) is 55.8 Å². The number of fused-ring (bicyclic) bond motifs is 1. The lowest BCUT2D eigenvalue weighted by atomic mass is 9.87.